The molecule has 4 nitrogen and oxygen atoms in total. The van der Waals surface area contributed by atoms with Gasteiger partial charge in [-0.2, -0.15) is 0 Å². The highest BCUT2D eigenvalue weighted by atomic mass is 32.1. The molecule has 0 aliphatic carbocycles. The average Bonchev–Trinajstić information content (AvgIpc) is 3.25. The Morgan fingerprint density at radius 2 is 1.89 bits per heavy atom. The van der Waals surface area contributed by atoms with Gasteiger partial charge in [0.15, 0.2) is 0 Å². The highest BCUT2D eigenvalue weighted by Crippen LogP contribution is 2.29. The van der Waals surface area contributed by atoms with Crippen LogP contribution in [0.25, 0.3) is 21.5 Å². The number of nitrogens with one attached hydrogen (secondary N) is 1. The molecule has 0 aliphatic heterocycles. The first kappa shape index (κ1) is 18.1. The molecule has 0 saturated carbocycles. The number of benzene rings is 1. The van der Waals surface area contributed by atoms with Crippen LogP contribution < -0.4 is 10.9 Å². The molecule has 27 heavy (non-hydrogen) atoms. The number of thiophene rings is 1. The smallest absolute Gasteiger partial charge is 0.336 e. The Balaban J connectivity index is 1.50. The fourth-order valence-corrected chi connectivity index (χ4v) is 4.66. The van der Waals surface area contributed by atoms with Crippen molar-refractivity contribution in [1.82, 2.24) is 10.3 Å². The van der Waals surface area contributed by atoms with E-state index in [1.54, 1.807) is 28.7 Å². The van der Waals surface area contributed by atoms with Crippen LogP contribution >= 0.6 is 22.7 Å². The van der Waals surface area contributed by atoms with E-state index in [1.165, 1.54) is 15.3 Å². The third-order valence-electron chi connectivity index (χ3n) is 4.59. The molecular formula is C21H20N2O2S2. The summed E-state index contributed by atoms with van der Waals surface area (Å²) >= 11 is 3.42. The number of hydrogen-bond acceptors (Lipinski definition) is 6. The van der Waals surface area contributed by atoms with Gasteiger partial charge in [0.05, 0.1) is 15.6 Å². The maximum absolute atomic E-state index is 11.9. The normalized spacial score (nSPS) is 11.4. The second kappa shape index (κ2) is 7.38. The number of thiazole rings is 1. The summed E-state index contributed by atoms with van der Waals surface area (Å²) in [5.74, 6) is 0. The fraction of sp³-hybridized carbons (Fsp3) is 0.238. The fourth-order valence-electron chi connectivity index (χ4n) is 3.04. The standard InChI is InChI=1S/C21H20N2O2S2/c1-12-6-17-15(8-21(24)25-19(17)7-13(12)2)9-22-10-16-4-5-20(27-16)18-11-26-14(3)23-18/h4-8,11,22H,9-10H2,1-3H3. The van der Waals surface area contributed by atoms with Crippen LogP contribution in [-0.4, -0.2) is 4.98 Å². The molecule has 138 valence electrons. The summed E-state index contributed by atoms with van der Waals surface area (Å²) in [6.45, 7) is 7.49. The minimum absolute atomic E-state index is 0.306. The number of rotatable bonds is 5. The summed E-state index contributed by atoms with van der Waals surface area (Å²) in [5, 5.41) is 7.63. The third kappa shape index (κ3) is 3.88. The van der Waals surface area contributed by atoms with Crippen LogP contribution in [0.15, 0.2) is 44.9 Å². The van der Waals surface area contributed by atoms with Gasteiger partial charge < -0.3 is 9.73 Å². The highest BCUT2D eigenvalue weighted by Gasteiger charge is 2.09. The van der Waals surface area contributed by atoms with E-state index in [0.717, 1.165) is 33.8 Å². The molecule has 0 amide bonds. The van der Waals surface area contributed by atoms with Gasteiger partial charge in [0.1, 0.15) is 5.58 Å². The molecule has 0 spiro atoms. The Kier molecular flexibility index (Phi) is 4.95. The largest absolute Gasteiger partial charge is 0.423 e. The zero-order chi connectivity index (χ0) is 19.0. The van der Waals surface area contributed by atoms with Gasteiger partial charge in [-0.25, -0.2) is 9.78 Å². The Morgan fingerprint density at radius 3 is 2.67 bits per heavy atom. The summed E-state index contributed by atoms with van der Waals surface area (Å²) in [7, 11) is 0. The molecule has 1 N–H and O–H groups in total. The van der Waals surface area contributed by atoms with Gasteiger partial charge in [0.25, 0.3) is 0 Å². The molecule has 0 fully saturated rings. The van der Waals surface area contributed by atoms with Crippen LogP contribution in [0.2, 0.25) is 0 Å². The van der Waals surface area contributed by atoms with Gasteiger partial charge >= 0.3 is 5.63 Å². The van der Waals surface area contributed by atoms with Gasteiger partial charge in [0.2, 0.25) is 0 Å². The number of nitrogens with zero attached hydrogens (tertiary/aromatic N) is 1. The van der Waals surface area contributed by atoms with Crippen molar-refractivity contribution >= 4 is 33.6 Å². The Labute approximate surface area is 165 Å². The average molecular weight is 397 g/mol. The van der Waals surface area contributed by atoms with Crippen molar-refractivity contribution in [3.05, 3.63) is 72.7 Å². The van der Waals surface area contributed by atoms with E-state index in [2.05, 4.69) is 40.8 Å². The second-order valence-corrected chi connectivity index (χ2v) is 8.88. The van der Waals surface area contributed by atoms with Crippen LogP contribution in [0.5, 0.6) is 0 Å². The molecule has 0 bridgehead atoms. The lowest BCUT2D eigenvalue weighted by Crippen LogP contribution is -2.14. The van der Waals surface area contributed by atoms with Gasteiger partial charge in [-0.3, -0.25) is 0 Å². The number of hydrogen-bond donors (Lipinski definition) is 1. The van der Waals surface area contributed by atoms with Crippen LogP contribution in [-0.2, 0) is 13.1 Å². The second-order valence-electron chi connectivity index (χ2n) is 6.64. The van der Waals surface area contributed by atoms with E-state index in [0.29, 0.717) is 12.1 Å². The first-order valence-electron chi connectivity index (χ1n) is 8.75. The molecule has 3 aromatic heterocycles. The summed E-state index contributed by atoms with van der Waals surface area (Å²) in [6, 6.07) is 9.87. The minimum Gasteiger partial charge on any atom is -0.423 e. The van der Waals surface area contributed by atoms with E-state index in [9.17, 15) is 4.79 Å². The Hall–Kier alpha value is -2.28. The zero-order valence-corrected chi connectivity index (χ0v) is 17.1. The minimum atomic E-state index is -0.306. The maximum Gasteiger partial charge on any atom is 0.336 e. The quantitative estimate of drug-likeness (QED) is 0.472. The van der Waals surface area contributed by atoms with E-state index in [4.69, 9.17) is 4.42 Å². The molecule has 0 unspecified atom stereocenters. The van der Waals surface area contributed by atoms with Crippen molar-refractivity contribution in [2.75, 3.05) is 0 Å². The van der Waals surface area contributed by atoms with Crippen molar-refractivity contribution < 1.29 is 4.42 Å². The van der Waals surface area contributed by atoms with E-state index in [-0.39, 0.29) is 5.63 Å². The van der Waals surface area contributed by atoms with Crippen molar-refractivity contribution in [3.8, 4) is 10.6 Å². The summed E-state index contributed by atoms with van der Waals surface area (Å²) in [4.78, 5) is 18.9. The van der Waals surface area contributed by atoms with Crippen molar-refractivity contribution in [3.63, 3.8) is 0 Å². The predicted molar refractivity (Wildman–Crippen MR) is 113 cm³/mol. The maximum atomic E-state index is 11.9. The van der Waals surface area contributed by atoms with E-state index >= 15 is 0 Å². The molecule has 1 aromatic carbocycles. The summed E-state index contributed by atoms with van der Waals surface area (Å²) in [6.07, 6.45) is 0. The van der Waals surface area contributed by atoms with E-state index < -0.39 is 0 Å². The molecule has 4 aromatic rings. The molecule has 4 rings (SSSR count). The highest BCUT2D eigenvalue weighted by molar-refractivity contribution is 7.16. The SMILES string of the molecule is Cc1nc(-c2ccc(CNCc3cc(=O)oc4cc(C)c(C)cc34)s2)cs1. The first-order valence-corrected chi connectivity index (χ1v) is 10.4. The molecule has 0 aliphatic rings. The van der Waals surface area contributed by atoms with Crippen molar-refractivity contribution in [2.45, 2.75) is 33.9 Å². The number of aromatic nitrogens is 1. The Morgan fingerprint density at radius 1 is 1.07 bits per heavy atom. The van der Waals surface area contributed by atoms with Gasteiger partial charge in [-0.15, -0.1) is 22.7 Å². The molecule has 6 heteroatoms. The third-order valence-corrected chi connectivity index (χ3v) is 6.47. The number of fused-ring (bicyclic) bond motifs is 1. The van der Waals surface area contributed by atoms with Gasteiger partial charge in [-0.05, 0) is 61.7 Å². The summed E-state index contributed by atoms with van der Waals surface area (Å²) < 4.78 is 5.37. The van der Waals surface area contributed by atoms with Crippen molar-refractivity contribution in [2.24, 2.45) is 0 Å². The summed E-state index contributed by atoms with van der Waals surface area (Å²) in [5.41, 5.74) is 4.68. The molecule has 0 radical (unpaired) electrons. The van der Waals surface area contributed by atoms with Crippen molar-refractivity contribution in [1.29, 1.82) is 0 Å². The molecule has 3 heterocycles. The van der Waals surface area contributed by atoms with Crippen LogP contribution in [0.3, 0.4) is 0 Å². The van der Waals surface area contributed by atoms with Crippen LogP contribution in [0.4, 0.5) is 0 Å². The lowest BCUT2D eigenvalue weighted by atomic mass is 10.0. The van der Waals surface area contributed by atoms with E-state index in [1.807, 2.05) is 19.9 Å². The molecular weight excluding hydrogens is 376 g/mol. The monoisotopic (exact) mass is 396 g/mol. The number of aryl methyl sites for hydroxylation is 3. The predicted octanol–water partition coefficient (Wildman–Crippen LogP) is 5.19. The zero-order valence-electron chi connectivity index (χ0n) is 15.5. The van der Waals surface area contributed by atoms with Gasteiger partial charge in [-0.1, -0.05) is 0 Å². The first-order chi connectivity index (χ1) is 13.0. The van der Waals surface area contributed by atoms with Gasteiger partial charge in [0, 0.05) is 34.8 Å². The lowest BCUT2D eigenvalue weighted by Gasteiger charge is -2.09. The topological polar surface area (TPSA) is 55.1 Å². The van der Waals surface area contributed by atoms with Crippen LogP contribution in [0.1, 0.15) is 26.6 Å². The Bertz CT molecular complexity index is 1170. The lowest BCUT2D eigenvalue weighted by molar-refractivity contribution is 0.556. The molecule has 0 saturated heterocycles. The van der Waals surface area contributed by atoms with Crippen LogP contribution in [0, 0.1) is 20.8 Å². The molecule has 0 atom stereocenters.